The number of esters is 2. The van der Waals surface area contributed by atoms with E-state index in [0.717, 1.165) is 32.1 Å². The maximum absolute atomic E-state index is 12.1. The minimum absolute atomic E-state index is 0.0807. The fourth-order valence-corrected chi connectivity index (χ4v) is 2.80. The number of ether oxygens (including phenoxy) is 4. The van der Waals surface area contributed by atoms with Gasteiger partial charge in [0.1, 0.15) is 12.2 Å². The third kappa shape index (κ3) is 6.83. The number of aliphatic hydroxyl groups is 2. The summed E-state index contributed by atoms with van der Waals surface area (Å²) in [5.41, 5.74) is 0. The maximum atomic E-state index is 12.1. The number of aliphatic hydroxyl groups excluding tert-OH is 2. The molecule has 1 heterocycles. The first-order chi connectivity index (χ1) is 12.5. The van der Waals surface area contributed by atoms with Gasteiger partial charge in [-0.05, 0) is 26.7 Å². The first kappa shape index (κ1) is 22.8. The van der Waals surface area contributed by atoms with Crippen LogP contribution in [0.5, 0.6) is 0 Å². The van der Waals surface area contributed by atoms with Crippen LogP contribution in [0.3, 0.4) is 0 Å². The van der Waals surface area contributed by atoms with Crippen molar-refractivity contribution in [3.05, 3.63) is 0 Å². The van der Waals surface area contributed by atoms with E-state index >= 15 is 0 Å². The predicted octanol–water partition coefficient (Wildman–Crippen LogP) is 1.30. The molecule has 26 heavy (non-hydrogen) atoms. The van der Waals surface area contributed by atoms with Gasteiger partial charge in [-0.25, -0.2) is 9.59 Å². The second-order valence-corrected chi connectivity index (χ2v) is 6.23. The molecular weight excluding hydrogens is 344 g/mol. The topological polar surface area (TPSA) is 112 Å². The zero-order valence-corrected chi connectivity index (χ0v) is 15.9. The van der Waals surface area contributed by atoms with E-state index in [1.807, 2.05) is 0 Å². The van der Waals surface area contributed by atoms with Crippen LogP contribution >= 0.6 is 0 Å². The first-order valence-corrected chi connectivity index (χ1v) is 9.46. The van der Waals surface area contributed by atoms with Crippen molar-refractivity contribution >= 4 is 11.9 Å². The number of unbranched alkanes of at least 4 members (excludes halogenated alkanes) is 4. The van der Waals surface area contributed by atoms with Crippen LogP contribution in [-0.4, -0.2) is 66.1 Å². The van der Waals surface area contributed by atoms with Gasteiger partial charge in [-0.1, -0.05) is 32.6 Å². The second-order valence-electron chi connectivity index (χ2n) is 6.23. The van der Waals surface area contributed by atoms with Crippen LogP contribution in [-0.2, 0) is 28.5 Å². The lowest BCUT2D eigenvalue weighted by Gasteiger charge is -2.39. The number of rotatable bonds is 11. The highest BCUT2D eigenvalue weighted by Gasteiger charge is 2.48. The van der Waals surface area contributed by atoms with E-state index in [0.29, 0.717) is 6.42 Å². The summed E-state index contributed by atoms with van der Waals surface area (Å²) >= 11 is 0. The Hall–Kier alpha value is -1.22. The van der Waals surface area contributed by atoms with Gasteiger partial charge in [0, 0.05) is 0 Å². The molecule has 0 bridgehead atoms. The van der Waals surface area contributed by atoms with E-state index in [9.17, 15) is 19.8 Å². The Bertz CT molecular complexity index is 427. The third-order valence-electron chi connectivity index (χ3n) is 4.16. The van der Waals surface area contributed by atoms with Crippen molar-refractivity contribution in [2.24, 2.45) is 0 Å². The molecule has 1 fully saturated rings. The SMILES string of the molecule is CCCCCCCC1O[C@H]([C@@H](O)C(=O)OCC)[C@@H](O)[C@@H](C(=O)OCC)O1. The van der Waals surface area contributed by atoms with Gasteiger partial charge in [0.15, 0.2) is 18.5 Å². The lowest BCUT2D eigenvalue weighted by Crippen LogP contribution is -2.59. The molecule has 1 aliphatic heterocycles. The Labute approximate surface area is 154 Å². The van der Waals surface area contributed by atoms with Gasteiger partial charge in [0.2, 0.25) is 0 Å². The van der Waals surface area contributed by atoms with Gasteiger partial charge < -0.3 is 29.2 Å². The minimum atomic E-state index is -1.71. The van der Waals surface area contributed by atoms with Crippen LogP contribution in [0.1, 0.15) is 59.3 Å². The minimum Gasteiger partial charge on any atom is -0.464 e. The van der Waals surface area contributed by atoms with E-state index < -0.39 is 42.6 Å². The summed E-state index contributed by atoms with van der Waals surface area (Å²) in [7, 11) is 0. The maximum Gasteiger partial charge on any atom is 0.338 e. The molecule has 1 aliphatic rings. The molecule has 0 amide bonds. The molecule has 0 radical (unpaired) electrons. The summed E-state index contributed by atoms with van der Waals surface area (Å²) in [6.45, 7) is 5.57. The molecule has 0 aromatic carbocycles. The molecule has 2 N–H and O–H groups in total. The Morgan fingerprint density at radius 1 is 1.00 bits per heavy atom. The smallest absolute Gasteiger partial charge is 0.338 e. The van der Waals surface area contributed by atoms with Gasteiger partial charge in [-0.3, -0.25) is 0 Å². The van der Waals surface area contributed by atoms with Crippen molar-refractivity contribution in [2.75, 3.05) is 13.2 Å². The Morgan fingerprint density at radius 3 is 2.27 bits per heavy atom. The summed E-state index contributed by atoms with van der Waals surface area (Å²) in [4.78, 5) is 23.9. The number of carbonyl (C=O) groups excluding carboxylic acids is 2. The normalized spacial score (nSPS) is 27.0. The predicted molar refractivity (Wildman–Crippen MR) is 92.2 cm³/mol. The van der Waals surface area contributed by atoms with Crippen molar-refractivity contribution < 1.29 is 38.7 Å². The van der Waals surface area contributed by atoms with Gasteiger partial charge in [0.25, 0.3) is 0 Å². The van der Waals surface area contributed by atoms with E-state index in [2.05, 4.69) is 6.92 Å². The number of hydrogen-bond donors (Lipinski definition) is 2. The van der Waals surface area contributed by atoms with Crippen LogP contribution in [0, 0.1) is 0 Å². The largest absolute Gasteiger partial charge is 0.464 e. The van der Waals surface area contributed by atoms with Crippen LogP contribution in [0.15, 0.2) is 0 Å². The highest BCUT2D eigenvalue weighted by molar-refractivity contribution is 5.77. The lowest BCUT2D eigenvalue weighted by atomic mass is 10.0. The van der Waals surface area contributed by atoms with Gasteiger partial charge in [0.05, 0.1) is 13.2 Å². The van der Waals surface area contributed by atoms with Crippen LogP contribution < -0.4 is 0 Å². The summed E-state index contributed by atoms with van der Waals surface area (Å²) in [6, 6.07) is 0. The Balaban J connectivity index is 2.76. The molecule has 0 spiro atoms. The quantitative estimate of drug-likeness (QED) is 0.410. The Kier molecular flexibility index (Phi) is 10.7. The summed E-state index contributed by atoms with van der Waals surface area (Å²) in [5, 5.41) is 20.5. The molecule has 152 valence electrons. The first-order valence-electron chi connectivity index (χ1n) is 9.46. The molecule has 1 rings (SSSR count). The monoisotopic (exact) mass is 376 g/mol. The summed E-state index contributed by atoms with van der Waals surface area (Å²) in [6.07, 6.45) is -1.09. The number of carbonyl (C=O) groups is 2. The molecule has 0 aromatic heterocycles. The van der Waals surface area contributed by atoms with Gasteiger partial charge in [-0.2, -0.15) is 0 Å². The summed E-state index contributed by atoms with van der Waals surface area (Å²) < 4.78 is 20.8. The average Bonchev–Trinajstić information content (AvgIpc) is 2.62. The molecule has 0 aliphatic carbocycles. The van der Waals surface area contributed by atoms with E-state index in [1.54, 1.807) is 13.8 Å². The van der Waals surface area contributed by atoms with E-state index in [1.165, 1.54) is 0 Å². The van der Waals surface area contributed by atoms with Crippen molar-refractivity contribution in [1.82, 2.24) is 0 Å². The van der Waals surface area contributed by atoms with Crippen molar-refractivity contribution in [1.29, 1.82) is 0 Å². The molecule has 1 unspecified atom stereocenters. The fraction of sp³-hybridized carbons (Fsp3) is 0.889. The molecule has 8 nitrogen and oxygen atoms in total. The van der Waals surface area contributed by atoms with E-state index in [-0.39, 0.29) is 13.2 Å². The van der Waals surface area contributed by atoms with Gasteiger partial charge >= 0.3 is 11.9 Å². The van der Waals surface area contributed by atoms with Gasteiger partial charge in [-0.15, -0.1) is 0 Å². The Morgan fingerprint density at radius 2 is 1.65 bits per heavy atom. The molecule has 8 heteroatoms. The van der Waals surface area contributed by atoms with E-state index in [4.69, 9.17) is 18.9 Å². The molecule has 1 saturated heterocycles. The third-order valence-corrected chi connectivity index (χ3v) is 4.16. The fourth-order valence-electron chi connectivity index (χ4n) is 2.80. The molecule has 0 aromatic rings. The summed E-state index contributed by atoms with van der Waals surface area (Å²) in [5.74, 6) is -1.66. The lowest BCUT2D eigenvalue weighted by molar-refractivity contribution is -0.298. The number of hydrogen-bond acceptors (Lipinski definition) is 8. The van der Waals surface area contributed by atoms with Crippen molar-refractivity contribution in [2.45, 2.75) is 90.0 Å². The molecular formula is C18H32O8. The zero-order chi connectivity index (χ0) is 19.5. The second kappa shape index (κ2) is 12.2. The van der Waals surface area contributed by atoms with Crippen molar-refractivity contribution in [3.63, 3.8) is 0 Å². The zero-order valence-electron chi connectivity index (χ0n) is 15.9. The highest BCUT2D eigenvalue weighted by atomic mass is 16.7. The standard InChI is InChI=1S/C18H32O8/c1-4-7-8-9-10-11-12-25-15(14(20)17(21)23-5-2)13(19)16(26-12)18(22)24-6-3/h12-16,19-20H,4-11H2,1-3H3/t12?,13-,14-,15+,16+/m1/s1. The van der Waals surface area contributed by atoms with Crippen LogP contribution in [0.4, 0.5) is 0 Å². The van der Waals surface area contributed by atoms with Crippen LogP contribution in [0.2, 0.25) is 0 Å². The van der Waals surface area contributed by atoms with Crippen molar-refractivity contribution in [3.8, 4) is 0 Å². The average molecular weight is 376 g/mol. The molecule has 0 saturated carbocycles. The van der Waals surface area contributed by atoms with Crippen LogP contribution in [0.25, 0.3) is 0 Å². The highest BCUT2D eigenvalue weighted by Crippen LogP contribution is 2.26. The molecule has 5 atom stereocenters.